The number of carbonyl (C=O) groups is 1. The Morgan fingerprint density at radius 2 is 2.25 bits per heavy atom. The predicted octanol–water partition coefficient (Wildman–Crippen LogP) is 3.03. The van der Waals surface area contributed by atoms with Gasteiger partial charge in [-0.1, -0.05) is 11.6 Å². The Hall–Kier alpha value is -0.490. The Labute approximate surface area is 87.9 Å². The molecule has 1 amide bonds. The van der Waals surface area contributed by atoms with Crippen molar-refractivity contribution in [2.75, 3.05) is 5.32 Å². The van der Waals surface area contributed by atoms with Gasteiger partial charge in [0.05, 0.1) is 5.02 Å². The van der Waals surface area contributed by atoms with E-state index in [0.29, 0.717) is 10.7 Å². The lowest BCUT2D eigenvalue weighted by molar-refractivity contribution is 0.210. The first-order valence-electron chi connectivity index (χ1n) is 3.04. The van der Waals surface area contributed by atoms with Crippen LogP contribution in [0.4, 0.5) is 10.5 Å². The summed E-state index contributed by atoms with van der Waals surface area (Å²) in [6.07, 6.45) is -1.09. The third-order valence-electron chi connectivity index (χ3n) is 1.17. The monoisotopic (exact) mass is 297 g/mol. The summed E-state index contributed by atoms with van der Waals surface area (Å²) in [5.74, 6) is 0. The topological polar surface area (TPSA) is 49.3 Å². The summed E-state index contributed by atoms with van der Waals surface area (Å²) in [6.45, 7) is 0. The zero-order valence-corrected chi connectivity index (χ0v) is 8.76. The summed E-state index contributed by atoms with van der Waals surface area (Å²) in [7, 11) is 0. The highest BCUT2D eigenvalue weighted by molar-refractivity contribution is 14.1. The lowest BCUT2D eigenvalue weighted by Gasteiger charge is -2.01. The number of carboxylic acid groups (broad SMARTS) is 1. The fourth-order valence-electron chi connectivity index (χ4n) is 0.697. The van der Waals surface area contributed by atoms with Crippen LogP contribution in [0.3, 0.4) is 0 Å². The molecule has 0 radical (unpaired) electrons. The summed E-state index contributed by atoms with van der Waals surface area (Å²) in [4.78, 5) is 10.2. The third kappa shape index (κ3) is 2.53. The van der Waals surface area contributed by atoms with Gasteiger partial charge in [-0.3, -0.25) is 5.32 Å². The molecule has 0 atom stereocenters. The summed E-state index contributed by atoms with van der Waals surface area (Å²) >= 11 is 7.82. The summed E-state index contributed by atoms with van der Waals surface area (Å²) in [6, 6.07) is 4.97. The third-order valence-corrected chi connectivity index (χ3v) is 2.74. The highest BCUT2D eigenvalue weighted by Gasteiger charge is 2.00. The molecule has 0 aliphatic carbocycles. The van der Waals surface area contributed by atoms with E-state index in [1.54, 1.807) is 18.2 Å². The second-order valence-corrected chi connectivity index (χ2v) is 3.63. The van der Waals surface area contributed by atoms with E-state index in [0.717, 1.165) is 3.57 Å². The Morgan fingerprint density at radius 3 is 2.75 bits per heavy atom. The highest BCUT2D eigenvalue weighted by Crippen LogP contribution is 2.21. The molecule has 2 N–H and O–H groups in total. The Morgan fingerprint density at radius 1 is 1.58 bits per heavy atom. The summed E-state index contributed by atoms with van der Waals surface area (Å²) in [5.41, 5.74) is 0.480. The maximum atomic E-state index is 10.2. The van der Waals surface area contributed by atoms with Crippen molar-refractivity contribution in [1.82, 2.24) is 0 Å². The molecule has 1 rings (SSSR count). The van der Waals surface area contributed by atoms with E-state index in [-0.39, 0.29) is 0 Å². The maximum Gasteiger partial charge on any atom is 0.409 e. The summed E-state index contributed by atoms with van der Waals surface area (Å²) < 4.78 is 0.894. The molecule has 5 heteroatoms. The van der Waals surface area contributed by atoms with Gasteiger partial charge in [0, 0.05) is 9.26 Å². The van der Waals surface area contributed by atoms with Crippen molar-refractivity contribution in [3.63, 3.8) is 0 Å². The highest BCUT2D eigenvalue weighted by atomic mass is 127. The van der Waals surface area contributed by atoms with Gasteiger partial charge in [-0.15, -0.1) is 0 Å². The number of hydrogen-bond acceptors (Lipinski definition) is 1. The van der Waals surface area contributed by atoms with Crippen LogP contribution in [0.15, 0.2) is 18.2 Å². The van der Waals surface area contributed by atoms with Crippen LogP contribution >= 0.6 is 34.2 Å². The van der Waals surface area contributed by atoms with Crippen LogP contribution in [-0.4, -0.2) is 11.2 Å². The van der Waals surface area contributed by atoms with Crippen molar-refractivity contribution in [2.45, 2.75) is 0 Å². The molecule has 0 heterocycles. The quantitative estimate of drug-likeness (QED) is 0.783. The first-order valence-corrected chi connectivity index (χ1v) is 4.50. The van der Waals surface area contributed by atoms with Gasteiger partial charge in [0.25, 0.3) is 0 Å². The van der Waals surface area contributed by atoms with Crippen molar-refractivity contribution in [1.29, 1.82) is 0 Å². The molecule has 0 spiro atoms. The largest absolute Gasteiger partial charge is 0.465 e. The smallest absolute Gasteiger partial charge is 0.409 e. The van der Waals surface area contributed by atoms with E-state index in [9.17, 15) is 4.79 Å². The molecular weight excluding hydrogens is 292 g/mol. The zero-order valence-electron chi connectivity index (χ0n) is 5.84. The first kappa shape index (κ1) is 9.60. The van der Waals surface area contributed by atoms with Crippen LogP contribution in [0.5, 0.6) is 0 Å². The van der Waals surface area contributed by atoms with Crippen LogP contribution in [-0.2, 0) is 0 Å². The number of halogens is 2. The molecule has 0 unspecified atom stereocenters. The molecule has 0 saturated heterocycles. The predicted molar refractivity (Wildman–Crippen MR) is 55.8 cm³/mol. The SMILES string of the molecule is O=C(O)Nc1ccc(I)c(Cl)c1. The molecule has 0 fully saturated rings. The van der Waals surface area contributed by atoms with Crippen molar-refractivity contribution < 1.29 is 9.90 Å². The molecule has 0 bridgehead atoms. The average molecular weight is 297 g/mol. The molecule has 1 aromatic rings. The fraction of sp³-hybridized carbons (Fsp3) is 0. The first-order chi connectivity index (χ1) is 5.59. The van der Waals surface area contributed by atoms with Gasteiger partial charge in [0.1, 0.15) is 0 Å². The molecule has 0 saturated carbocycles. The van der Waals surface area contributed by atoms with E-state index in [2.05, 4.69) is 27.9 Å². The van der Waals surface area contributed by atoms with Gasteiger partial charge in [0.15, 0.2) is 0 Å². The molecule has 0 aliphatic heterocycles. The number of hydrogen-bond donors (Lipinski definition) is 2. The fourth-order valence-corrected chi connectivity index (χ4v) is 1.21. The van der Waals surface area contributed by atoms with Gasteiger partial charge < -0.3 is 5.11 Å². The molecule has 0 aromatic heterocycles. The van der Waals surface area contributed by atoms with Gasteiger partial charge in [-0.2, -0.15) is 0 Å². The zero-order chi connectivity index (χ0) is 9.14. The van der Waals surface area contributed by atoms with Gasteiger partial charge in [-0.05, 0) is 40.8 Å². The van der Waals surface area contributed by atoms with Crippen LogP contribution < -0.4 is 5.32 Å². The second-order valence-electron chi connectivity index (χ2n) is 2.06. The minimum Gasteiger partial charge on any atom is -0.465 e. The van der Waals surface area contributed by atoms with Gasteiger partial charge in [-0.25, -0.2) is 4.79 Å². The lowest BCUT2D eigenvalue weighted by Crippen LogP contribution is -2.06. The van der Waals surface area contributed by atoms with Crippen LogP contribution in [0.25, 0.3) is 0 Å². The minimum atomic E-state index is -1.09. The molecule has 64 valence electrons. The average Bonchev–Trinajstić information content (AvgIpc) is 1.96. The molecule has 12 heavy (non-hydrogen) atoms. The van der Waals surface area contributed by atoms with Crippen molar-refractivity contribution >= 4 is 46.0 Å². The molecule has 1 aromatic carbocycles. The number of amides is 1. The van der Waals surface area contributed by atoms with Crippen molar-refractivity contribution in [2.24, 2.45) is 0 Å². The van der Waals surface area contributed by atoms with Gasteiger partial charge in [0.2, 0.25) is 0 Å². The van der Waals surface area contributed by atoms with E-state index < -0.39 is 6.09 Å². The number of nitrogens with one attached hydrogen (secondary N) is 1. The summed E-state index contributed by atoms with van der Waals surface area (Å²) in [5, 5.41) is 11.1. The van der Waals surface area contributed by atoms with Crippen LogP contribution in [0, 0.1) is 3.57 Å². The van der Waals surface area contributed by atoms with Gasteiger partial charge >= 0.3 is 6.09 Å². The maximum absolute atomic E-state index is 10.2. The van der Waals surface area contributed by atoms with Crippen LogP contribution in [0.2, 0.25) is 5.02 Å². The van der Waals surface area contributed by atoms with E-state index >= 15 is 0 Å². The van der Waals surface area contributed by atoms with E-state index in [1.165, 1.54) is 0 Å². The Kier molecular flexibility index (Phi) is 3.16. The lowest BCUT2D eigenvalue weighted by atomic mass is 10.3. The second kappa shape index (κ2) is 3.95. The van der Waals surface area contributed by atoms with E-state index in [1.807, 2.05) is 0 Å². The normalized spacial score (nSPS) is 9.50. The minimum absolute atomic E-state index is 0.480. The number of rotatable bonds is 1. The molecule has 3 nitrogen and oxygen atoms in total. The van der Waals surface area contributed by atoms with Crippen LogP contribution in [0.1, 0.15) is 0 Å². The van der Waals surface area contributed by atoms with Crippen molar-refractivity contribution in [3.05, 3.63) is 26.8 Å². The standard InChI is InChI=1S/C7H5ClINO2/c8-5-3-4(10-7(11)12)1-2-6(5)9/h1-3,10H,(H,11,12). The Balaban J connectivity index is 2.89. The van der Waals surface area contributed by atoms with Crippen molar-refractivity contribution in [3.8, 4) is 0 Å². The molecular formula is C7H5ClINO2. The Bertz CT molecular complexity index is 316. The number of anilines is 1. The van der Waals surface area contributed by atoms with E-state index in [4.69, 9.17) is 16.7 Å². The number of benzene rings is 1. The molecule has 0 aliphatic rings.